The number of aromatic nitrogens is 3. The van der Waals surface area contributed by atoms with Gasteiger partial charge in [0.1, 0.15) is 11.2 Å². The Morgan fingerprint density at radius 1 is 1.00 bits per heavy atom. The summed E-state index contributed by atoms with van der Waals surface area (Å²) < 4.78 is 40.5. The van der Waals surface area contributed by atoms with Crippen LogP contribution in [0.15, 0.2) is 39.9 Å². The highest BCUT2D eigenvalue weighted by Crippen LogP contribution is 2.30. The van der Waals surface area contributed by atoms with Gasteiger partial charge < -0.3 is 20.4 Å². The van der Waals surface area contributed by atoms with Gasteiger partial charge in [0, 0.05) is 52.0 Å². The average molecular weight is 506 g/mol. The second kappa shape index (κ2) is 9.64. The first-order chi connectivity index (χ1) is 17.0. The number of carbonyl (C=O) groups is 1. The first kappa shape index (κ1) is 25.2. The molecule has 13 heteroatoms. The fourth-order valence-corrected chi connectivity index (χ4v) is 4.00. The molecule has 0 aliphatic carbocycles. The van der Waals surface area contributed by atoms with Gasteiger partial charge in [0.2, 0.25) is 5.91 Å². The largest absolute Gasteiger partial charge is 0.416 e. The highest BCUT2D eigenvalue weighted by atomic mass is 19.4. The minimum atomic E-state index is -4.47. The Kier molecular flexibility index (Phi) is 6.76. The van der Waals surface area contributed by atoms with Gasteiger partial charge in [-0.05, 0) is 31.3 Å². The molecule has 3 heterocycles. The molecule has 0 bridgehead atoms. The molecular weight excluding hydrogens is 479 g/mol. The molecule has 1 saturated heterocycles. The van der Waals surface area contributed by atoms with Crippen LogP contribution in [0.25, 0.3) is 11.0 Å². The van der Waals surface area contributed by atoms with Crippen LogP contribution in [0.3, 0.4) is 0 Å². The molecule has 10 nitrogen and oxygen atoms in total. The van der Waals surface area contributed by atoms with Crippen LogP contribution >= 0.6 is 0 Å². The topological polar surface area (TPSA) is 105 Å². The summed E-state index contributed by atoms with van der Waals surface area (Å²) in [6.45, 7) is 2.75. The minimum absolute atomic E-state index is 0.153. The summed E-state index contributed by atoms with van der Waals surface area (Å²) in [5, 5.41) is 5.63. The van der Waals surface area contributed by atoms with E-state index in [9.17, 15) is 27.6 Å². The monoisotopic (exact) mass is 505 g/mol. The van der Waals surface area contributed by atoms with E-state index < -0.39 is 28.9 Å². The van der Waals surface area contributed by atoms with Crippen molar-refractivity contribution >= 4 is 34.1 Å². The molecule has 1 aliphatic heterocycles. The minimum Gasteiger partial charge on any atom is -0.375 e. The zero-order chi connectivity index (χ0) is 26.2. The number of hydrogen-bond donors (Lipinski definition) is 2. The molecule has 2 aromatic heterocycles. The van der Waals surface area contributed by atoms with Crippen LogP contribution in [-0.4, -0.2) is 64.7 Å². The molecule has 0 unspecified atom stereocenters. The Labute approximate surface area is 203 Å². The molecule has 192 valence electrons. The van der Waals surface area contributed by atoms with Gasteiger partial charge in [0.25, 0.3) is 5.56 Å². The van der Waals surface area contributed by atoms with Gasteiger partial charge >= 0.3 is 11.9 Å². The third-order valence-electron chi connectivity index (χ3n) is 6.16. The summed E-state index contributed by atoms with van der Waals surface area (Å²) in [7, 11) is 4.90. The van der Waals surface area contributed by atoms with E-state index in [4.69, 9.17) is 0 Å². The number of anilines is 3. The number of fused-ring (bicyclic) bond motifs is 1. The molecule has 0 spiro atoms. The van der Waals surface area contributed by atoms with Crippen molar-refractivity contribution in [2.75, 3.05) is 55.3 Å². The fraction of sp³-hybridized carbons (Fsp3) is 0.391. The van der Waals surface area contributed by atoms with E-state index in [0.29, 0.717) is 24.6 Å². The van der Waals surface area contributed by atoms with E-state index in [1.165, 1.54) is 30.8 Å². The number of aryl methyl sites for hydroxylation is 1. The van der Waals surface area contributed by atoms with E-state index in [1.54, 1.807) is 6.07 Å². The summed E-state index contributed by atoms with van der Waals surface area (Å²) in [6.07, 6.45) is -4.47. The second-order valence-corrected chi connectivity index (χ2v) is 8.70. The number of likely N-dealkylation sites (N-methyl/N-ethyl adjacent to an activating group) is 1. The van der Waals surface area contributed by atoms with Crippen molar-refractivity contribution < 1.29 is 18.0 Å². The zero-order valence-electron chi connectivity index (χ0n) is 20.0. The number of benzene rings is 1. The van der Waals surface area contributed by atoms with Crippen LogP contribution < -0.4 is 26.8 Å². The first-order valence-electron chi connectivity index (χ1n) is 11.2. The fourth-order valence-electron chi connectivity index (χ4n) is 4.00. The SMILES string of the molecule is CN1CCN(c2cc(NCC(=O)Nc3ccc(C(F)(F)F)cc3)c3c(=O)n(C)c(=O)n(C)c3n2)CC1. The number of piperazine rings is 1. The van der Waals surface area contributed by atoms with Crippen molar-refractivity contribution in [1.29, 1.82) is 0 Å². The maximum atomic E-state index is 13.0. The first-order valence-corrected chi connectivity index (χ1v) is 11.2. The summed E-state index contributed by atoms with van der Waals surface area (Å²) in [6, 6.07) is 5.77. The van der Waals surface area contributed by atoms with E-state index in [0.717, 1.165) is 29.8 Å². The van der Waals surface area contributed by atoms with Gasteiger partial charge in [0.05, 0.1) is 17.8 Å². The Balaban J connectivity index is 1.62. The standard InChI is InChI=1S/C23H26F3N7O3/c1-30-8-10-33(11-9-30)17-12-16(19-20(29-17)31(2)22(36)32(3)21(19)35)27-13-18(34)28-15-6-4-14(5-7-15)23(24,25)26/h4-7,12H,8-11,13H2,1-3H3,(H,27,29)(H,28,34). The Hall–Kier alpha value is -3.87. The lowest BCUT2D eigenvalue weighted by atomic mass is 10.2. The van der Waals surface area contributed by atoms with Crippen LogP contribution in [0.1, 0.15) is 5.56 Å². The van der Waals surface area contributed by atoms with Crippen molar-refractivity contribution in [2.24, 2.45) is 14.1 Å². The van der Waals surface area contributed by atoms with Crippen molar-refractivity contribution in [3.63, 3.8) is 0 Å². The van der Waals surface area contributed by atoms with E-state index >= 15 is 0 Å². The molecule has 0 saturated carbocycles. The van der Waals surface area contributed by atoms with Crippen LogP contribution in [0.4, 0.5) is 30.4 Å². The Morgan fingerprint density at radius 3 is 2.25 bits per heavy atom. The van der Waals surface area contributed by atoms with Gasteiger partial charge in [-0.1, -0.05) is 0 Å². The molecular formula is C23H26F3N7O3. The lowest BCUT2D eigenvalue weighted by Crippen LogP contribution is -2.45. The lowest BCUT2D eigenvalue weighted by molar-refractivity contribution is -0.137. The van der Waals surface area contributed by atoms with Crippen molar-refractivity contribution in [3.05, 3.63) is 56.7 Å². The third kappa shape index (κ3) is 5.05. The van der Waals surface area contributed by atoms with Crippen molar-refractivity contribution in [1.82, 2.24) is 19.0 Å². The van der Waals surface area contributed by atoms with Gasteiger partial charge in [-0.25, -0.2) is 9.78 Å². The second-order valence-electron chi connectivity index (χ2n) is 8.70. The van der Waals surface area contributed by atoms with E-state index in [1.807, 2.05) is 11.9 Å². The van der Waals surface area contributed by atoms with Crippen molar-refractivity contribution in [2.45, 2.75) is 6.18 Å². The molecule has 4 rings (SSSR count). The van der Waals surface area contributed by atoms with Crippen LogP contribution in [0, 0.1) is 0 Å². The molecule has 2 N–H and O–H groups in total. The normalized spacial score (nSPS) is 14.8. The van der Waals surface area contributed by atoms with Gasteiger partial charge in [-0.15, -0.1) is 0 Å². The molecule has 0 radical (unpaired) electrons. The van der Waals surface area contributed by atoms with E-state index in [-0.39, 0.29) is 23.3 Å². The number of nitrogens with one attached hydrogen (secondary N) is 2. The Morgan fingerprint density at radius 2 is 1.64 bits per heavy atom. The molecule has 1 aromatic carbocycles. The highest BCUT2D eigenvalue weighted by Gasteiger charge is 2.30. The third-order valence-corrected chi connectivity index (χ3v) is 6.16. The summed E-state index contributed by atoms with van der Waals surface area (Å²) in [4.78, 5) is 46.8. The summed E-state index contributed by atoms with van der Waals surface area (Å²) in [5.74, 6) is 0.0343. The molecule has 1 fully saturated rings. The van der Waals surface area contributed by atoms with Gasteiger partial charge in [0.15, 0.2) is 5.65 Å². The number of amides is 1. The predicted molar refractivity (Wildman–Crippen MR) is 130 cm³/mol. The number of pyridine rings is 1. The molecule has 36 heavy (non-hydrogen) atoms. The van der Waals surface area contributed by atoms with Crippen LogP contribution in [0.5, 0.6) is 0 Å². The number of alkyl halides is 3. The molecule has 1 amide bonds. The number of nitrogens with zero attached hydrogens (tertiary/aromatic N) is 5. The average Bonchev–Trinajstić information content (AvgIpc) is 2.84. The predicted octanol–water partition coefficient (Wildman–Crippen LogP) is 1.45. The van der Waals surface area contributed by atoms with Crippen LogP contribution in [-0.2, 0) is 25.1 Å². The van der Waals surface area contributed by atoms with Crippen molar-refractivity contribution in [3.8, 4) is 0 Å². The van der Waals surface area contributed by atoms with E-state index in [2.05, 4.69) is 20.5 Å². The maximum Gasteiger partial charge on any atom is 0.416 e. The summed E-state index contributed by atoms with van der Waals surface area (Å²) in [5.41, 5.74) is -1.19. The number of hydrogen-bond acceptors (Lipinski definition) is 7. The maximum absolute atomic E-state index is 13.0. The number of rotatable bonds is 5. The highest BCUT2D eigenvalue weighted by molar-refractivity contribution is 5.96. The zero-order valence-corrected chi connectivity index (χ0v) is 20.0. The lowest BCUT2D eigenvalue weighted by Gasteiger charge is -2.33. The van der Waals surface area contributed by atoms with Gasteiger partial charge in [-0.3, -0.25) is 18.7 Å². The van der Waals surface area contributed by atoms with Gasteiger partial charge in [-0.2, -0.15) is 13.2 Å². The van der Waals surface area contributed by atoms with Crippen LogP contribution in [0.2, 0.25) is 0 Å². The molecule has 3 aromatic rings. The number of halogens is 3. The quantitative estimate of drug-likeness (QED) is 0.541. The molecule has 0 atom stereocenters. The smallest absolute Gasteiger partial charge is 0.375 e. The summed E-state index contributed by atoms with van der Waals surface area (Å²) >= 11 is 0. The molecule has 1 aliphatic rings. The number of carbonyl (C=O) groups excluding carboxylic acids is 1. The Bertz CT molecular complexity index is 1410.